The molecule has 3 aliphatic carbocycles. The highest BCUT2D eigenvalue weighted by molar-refractivity contribution is 7.67. The highest BCUT2D eigenvalue weighted by Gasteiger charge is 2.38. The van der Waals surface area contributed by atoms with Gasteiger partial charge in [0.2, 0.25) is 0 Å². The van der Waals surface area contributed by atoms with E-state index in [-0.39, 0.29) is 7.92 Å². The first-order chi connectivity index (χ1) is 14.1. The minimum absolute atomic E-state index is 0.222. The van der Waals surface area contributed by atoms with Crippen molar-refractivity contribution in [2.24, 2.45) is 0 Å². The van der Waals surface area contributed by atoms with Gasteiger partial charge in [0, 0.05) is 22.3 Å². The summed E-state index contributed by atoms with van der Waals surface area (Å²) in [4.78, 5) is 0. The Balaban J connectivity index is 1.88. The molecular formula is C26H39O2P. The molecule has 29 heavy (non-hydrogen) atoms. The van der Waals surface area contributed by atoms with Crippen molar-refractivity contribution < 1.29 is 9.47 Å². The van der Waals surface area contributed by atoms with Gasteiger partial charge in [0.05, 0.1) is 14.2 Å². The molecule has 0 radical (unpaired) electrons. The Bertz CT molecular complexity index is 751. The first-order valence-electron chi connectivity index (χ1n) is 11.8. The number of ether oxygens (including phenoxy) is 2. The summed E-state index contributed by atoms with van der Waals surface area (Å²) < 4.78 is 12.3. The zero-order chi connectivity index (χ0) is 20.5. The van der Waals surface area contributed by atoms with Crippen LogP contribution in [-0.2, 0) is 0 Å². The second kappa shape index (κ2) is 9.01. The normalized spacial score (nSPS) is 23.6. The van der Waals surface area contributed by atoms with E-state index in [4.69, 9.17) is 9.47 Å². The van der Waals surface area contributed by atoms with Crippen molar-refractivity contribution in [3.63, 3.8) is 0 Å². The molecule has 3 aliphatic rings. The lowest BCUT2D eigenvalue weighted by atomic mass is 9.97. The molecule has 0 spiro atoms. The van der Waals surface area contributed by atoms with Crippen LogP contribution in [0.1, 0.15) is 102 Å². The molecule has 0 aromatic heterocycles. The molecule has 4 rings (SSSR count). The predicted molar refractivity (Wildman–Crippen MR) is 127 cm³/mol. The number of fused-ring (bicyclic) bond motifs is 1. The maximum absolute atomic E-state index is 6.24. The van der Waals surface area contributed by atoms with Crippen molar-refractivity contribution in [1.29, 1.82) is 0 Å². The molecule has 0 N–H and O–H groups in total. The third kappa shape index (κ3) is 3.76. The first kappa shape index (κ1) is 21.2. The lowest BCUT2D eigenvalue weighted by Crippen LogP contribution is -2.27. The molecule has 160 valence electrons. The maximum atomic E-state index is 6.24. The molecule has 2 saturated carbocycles. The van der Waals surface area contributed by atoms with Crippen molar-refractivity contribution in [2.75, 3.05) is 14.2 Å². The van der Waals surface area contributed by atoms with Crippen LogP contribution >= 0.6 is 7.92 Å². The van der Waals surface area contributed by atoms with Gasteiger partial charge in [0.25, 0.3) is 0 Å². The van der Waals surface area contributed by atoms with Crippen LogP contribution in [0.2, 0.25) is 0 Å². The summed E-state index contributed by atoms with van der Waals surface area (Å²) >= 11 is 0. The molecule has 1 atom stereocenters. The number of allylic oxidation sites excluding steroid dienone is 2. The quantitative estimate of drug-likeness (QED) is 0.468. The summed E-state index contributed by atoms with van der Waals surface area (Å²) in [6, 6.07) is 2.41. The number of hydrogen-bond donors (Lipinski definition) is 0. The van der Waals surface area contributed by atoms with Crippen LogP contribution in [0, 0.1) is 0 Å². The standard InChI is InChI=1S/C26H39O2P/c1-17-18(2)24-22(27-4)16-23(26(28-5)25(24)19(17)3)29(20-12-8-6-9-13-20)21-14-10-7-11-15-21/h16,18,20-21H,6-15H2,1-5H3. The van der Waals surface area contributed by atoms with E-state index in [9.17, 15) is 0 Å². The van der Waals surface area contributed by atoms with Crippen molar-refractivity contribution in [2.45, 2.75) is 102 Å². The third-order valence-corrected chi connectivity index (χ3v) is 11.4. The van der Waals surface area contributed by atoms with E-state index in [1.165, 1.54) is 97.5 Å². The Kier molecular flexibility index (Phi) is 6.59. The lowest BCUT2D eigenvalue weighted by molar-refractivity contribution is 0.399. The summed E-state index contributed by atoms with van der Waals surface area (Å²) in [7, 11) is 3.53. The highest BCUT2D eigenvalue weighted by atomic mass is 31.1. The molecule has 3 heteroatoms. The van der Waals surface area contributed by atoms with Crippen molar-refractivity contribution in [1.82, 2.24) is 0 Å². The van der Waals surface area contributed by atoms with Crippen LogP contribution in [-0.4, -0.2) is 25.5 Å². The molecule has 1 aromatic carbocycles. The Labute approximate surface area is 179 Å². The van der Waals surface area contributed by atoms with Crippen LogP contribution in [0.4, 0.5) is 0 Å². The number of methoxy groups -OCH3 is 2. The van der Waals surface area contributed by atoms with Gasteiger partial charge in [-0.05, 0) is 62.5 Å². The molecule has 1 aromatic rings. The van der Waals surface area contributed by atoms with Crippen LogP contribution in [0.15, 0.2) is 11.6 Å². The van der Waals surface area contributed by atoms with Gasteiger partial charge in [0.15, 0.2) is 0 Å². The Morgan fingerprint density at radius 1 is 0.828 bits per heavy atom. The van der Waals surface area contributed by atoms with Gasteiger partial charge in [-0.25, -0.2) is 0 Å². The topological polar surface area (TPSA) is 18.5 Å². The Morgan fingerprint density at radius 3 is 1.86 bits per heavy atom. The van der Waals surface area contributed by atoms with Crippen LogP contribution in [0.3, 0.4) is 0 Å². The van der Waals surface area contributed by atoms with Gasteiger partial charge in [-0.2, -0.15) is 0 Å². The fourth-order valence-corrected chi connectivity index (χ4v) is 10.1. The van der Waals surface area contributed by atoms with Crippen molar-refractivity contribution in [3.05, 3.63) is 22.8 Å². The third-order valence-electron chi connectivity index (χ3n) is 7.95. The molecule has 0 bridgehead atoms. The molecule has 0 amide bonds. The Morgan fingerprint density at radius 2 is 1.38 bits per heavy atom. The zero-order valence-corrected chi connectivity index (χ0v) is 20.0. The van der Waals surface area contributed by atoms with Gasteiger partial charge in [0.1, 0.15) is 11.5 Å². The van der Waals surface area contributed by atoms with Crippen molar-refractivity contribution in [3.8, 4) is 11.5 Å². The lowest BCUT2D eigenvalue weighted by Gasteiger charge is -2.39. The smallest absolute Gasteiger partial charge is 0.134 e. The molecular weight excluding hydrogens is 375 g/mol. The van der Waals surface area contributed by atoms with Gasteiger partial charge >= 0.3 is 0 Å². The van der Waals surface area contributed by atoms with E-state index >= 15 is 0 Å². The molecule has 0 saturated heterocycles. The van der Waals surface area contributed by atoms with Gasteiger partial charge in [-0.15, -0.1) is 0 Å². The Hall–Kier alpha value is -1.01. The minimum Gasteiger partial charge on any atom is -0.496 e. The molecule has 0 aliphatic heterocycles. The summed E-state index contributed by atoms with van der Waals surface area (Å²) in [5.41, 5.74) is 7.31. The van der Waals surface area contributed by atoms with E-state index in [0.29, 0.717) is 5.92 Å². The molecule has 2 nitrogen and oxygen atoms in total. The SMILES string of the molecule is COc1cc(P(C2CCCCC2)C2CCCCC2)c(OC)c2c1C(C)C(C)=C2C. The van der Waals surface area contributed by atoms with E-state index in [0.717, 1.165) is 17.1 Å². The highest BCUT2D eigenvalue weighted by Crippen LogP contribution is 2.59. The first-order valence-corrected chi connectivity index (χ1v) is 13.3. The maximum Gasteiger partial charge on any atom is 0.134 e. The van der Waals surface area contributed by atoms with Gasteiger partial charge in [-0.1, -0.05) is 58.9 Å². The molecule has 1 unspecified atom stereocenters. The van der Waals surface area contributed by atoms with Gasteiger partial charge < -0.3 is 9.47 Å². The molecule has 0 heterocycles. The van der Waals surface area contributed by atoms with Gasteiger partial charge in [-0.3, -0.25) is 0 Å². The van der Waals surface area contributed by atoms with E-state index in [2.05, 4.69) is 26.8 Å². The summed E-state index contributed by atoms with van der Waals surface area (Å²) in [6.07, 6.45) is 14.1. The number of rotatable bonds is 5. The minimum atomic E-state index is -0.222. The zero-order valence-electron chi connectivity index (χ0n) is 19.1. The van der Waals surface area contributed by atoms with Crippen molar-refractivity contribution >= 4 is 18.8 Å². The summed E-state index contributed by atoms with van der Waals surface area (Å²) in [6.45, 7) is 6.88. The average molecular weight is 415 g/mol. The van der Waals surface area contributed by atoms with E-state index in [1.807, 2.05) is 14.2 Å². The predicted octanol–water partition coefficient (Wildman–Crippen LogP) is 7.39. The number of benzene rings is 1. The largest absolute Gasteiger partial charge is 0.496 e. The van der Waals surface area contributed by atoms with Crippen LogP contribution in [0.5, 0.6) is 11.5 Å². The monoisotopic (exact) mass is 414 g/mol. The van der Waals surface area contributed by atoms with E-state index < -0.39 is 0 Å². The second-order valence-corrected chi connectivity index (χ2v) is 12.2. The second-order valence-electron chi connectivity index (χ2n) is 9.44. The fraction of sp³-hybridized carbons (Fsp3) is 0.692. The summed E-state index contributed by atoms with van der Waals surface area (Å²) in [5.74, 6) is 2.70. The summed E-state index contributed by atoms with van der Waals surface area (Å²) in [5, 5.41) is 1.51. The average Bonchev–Trinajstić information content (AvgIpc) is 2.99. The van der Waals surface area contributed by atoms with Crippen LogP contribution < -0.4 is 14.8 Å². The van der Waals surface area contributed by atoms with E-state index in [1.54, 1.807) is 0 Å². The van der Waals surface area contributed by atoms with Crippen LogP contribution in [0.25, 0.3) is 5.57 Å². The number of hydrogen-bond acceptors (Lipinski definition) is 2. The molecule has 2 fully saturated rings. The fourth-order valence-electron chi connectivity index (χ4n) is 6.16.